The summed E-state index contributed by atoms with van der Waals surface area (Å²) in [6.07, 6.45) is 2.29. The molecule has 5 rings (SSSR count). The molecule has 0 saturated carbocycles. The number of carbonyl (C=O) groups is 5. The molecule has 5 amide bonds. The molecule has 0 spiro atoms. The molecule has 52 heavy (non-hydrogen) atoms. The zero-order chi connectivity index (χ0) is 36.7. The number of fused-ring (bicyclic) bond motifs is 1. The van der Waals surface area contributed by atoms with Crippen molar-refractivity contribution in [1.29, 1.82) is 0 Å². The van der Waals surface area contributed by atoms with Crippen molar-refractivity contribution in [2.75, 3.05) is 32.7 Å². The second-order valence-corrected chi connectivity index (χ2v) is 12.6. The van der Waals surface area contributed by atoms with Crippen molar-refractivity contribution in [3.63, 3.8) is 0 Å². The number of unbranched alkanes of at least 4 members (excludes halogenated alkanes) is 1. The minimum Gasteiger partial charge on any atom is -0.445 e. The Bertz CT molecular complexity index is 1840. The number of nitrogens with one attached hydrogen (secondary N) is 3. The van der Waals surface area contributed by atoms with Crippen LogP contribution in [0.2, 0.25) is 0 Å². The van der Waals surface area contributed by atoms with E-state index in [-0.39, 0.29) is 56.4 Å². The minimum absolute atomic E-state index is 0.0587. The summed E-state index contributed by atoms with van der Waals surface area (Å²) in [6.45, 7) is 4.95. The number of nitrogens with zero attached hydrogens (tertiary/aromatic N) is 2. The van der Waals surface area contributed by atoms with E-state index in [1.165, 1.54) is 6.08 Å². The first-order valence-corrected chi connectivity index (χ1v) is 17.6. The van der Waals surface area contributed by atoms with E-state index < -0.39 is 18.2 Å². The summed E-state index contributed by atoms with van der Waals surface area (Å²) in [7, 11) is 0. The first kappa shape index (κ1) is 37.3. The van der Waals surface area contributed by atoms with Crippen LogP contribution < -0.4 is 16.0 Å². The zero-order valence-corrected chi connectivity index (χ0v) is 29.2. The Kier molecular flexibility index (Phi) is 13.5. The molecule has 1 saturated heterocycles. The highest BCUT2D eigenvalue weighted by Gasteiger charge is 2.33. The summed E-state index contributed by atoms with van der Waals surface area (Å²) in [5, 5.41) is 10.2. The number of hydrogen-bond donors (Lipinski definition) is 3. The number of piperazine rings is 1. The van der Waals surface area contributed by atoms with Gasteiger partial charge in [0.15, 0.2) is 0 Å². The summed E-state index contributed by atoms with van der Waals surface area (Å²) >= 11 is 0. The van der Waals surface area contributed by atoms with E-state index in [2.05, 4.69) is 22.5 Å². The number of hydrogen-bond acceptors (Lipinski definition) is 6. The molecule has 1 aliphatic heterocycles. The van der Waals surface area contributed by atoms with Crippen LogP contribution in [-0.4, -0.2) is 84.3 Å². The molecular weight excluding hydrogens is 658 g/mol. The van der Waals surface area contributed by atoms with Crippen LogP contribution >= 0.6 is 0 Å². The maximum atomic E-state index is 14.0. The molecule has 11 heteroatoms. The number of ether oxygens (including phenoxy) is 1. The second-order valence-electron chi connectivity index (χ2n) is 12.6. The van der Waals surface area contributed by atoms with E-state index >= 15 is 0 Å². The third kappa shape index (κ3) is 10.5. The van der Waals surface area contributed by atoms with Crippen LogP contribution in [0.25, 0.3) is 10.8 Å². The molecule has 1 aliphatic rings. The van der Waals surface area contributed by atoms with E-state index in [1.54, 1.807) is 15.9 Å². The molecule has 3 N–H and O–H groups in total. The summed E-state index contributed by atoms with van der Waals surface area (Å²) < 4.78 is 5.40. The smallest absolute Gasteiger partial charge is 0.408 e. The lowest BCUT2D eigenvalue weighted by molar-refractivity contribution is -0.141. The predicted octanol–water partition coefficient (Wildman–Crippen LogP) is 4.62. The van der Waals surface area contributed by atoms with E-state index in [0.717, 1.165) is 21.9 Å². The largest absolute Gasteiger partial charge is 0.445 e. The van der Waals surface area contributed by atoms with Gasteiger partial charge in [0.2, 0.25) is 17.7 Å². The van der Waals surface area contributed by atoms with Crippen LogP contribution in [0.5, 0.6) is 0 Å². The van der Waals surface area contributed by atoms with Crippen molar-refractivity contribution in [3.8, 4) is 0 Å². The number of carbonyl (C=O) groups excluding carboxylic acids is 5. The predicted molar refractivity (Wildman–Crippen MR) is 199 cm³/mol. The van der Waals surface area contributed by atoms with Crippen LogP contribution in [-0.2, 0) is 32.1 Å². The summed E-state index contributed by atoms with van der Waals surface area (Å²) in [5.41, 5.74) is 2.21. The van der Waals surface area contributed by atoms with Gasteiger partial charge in [-0.15, -0.1) is 0 Å². The van der Waals surface area contributed by atoms with Gasteiger partial charge in [0, 0.05) is 44.7 Å². The minimum atomic E-state index is -0.855. The Morgan fingerprint density at radius 2 is 1.29 bits per heavy atom. The van der Waals surface area contributed by atoms with Gasteiger partial charge in [-0.25, -0.2) is 4.79 Å². The van der Waals surface area contributed by atoms with E-state index in [9.17, 15) is 24.0 Å². The van der Waals surface area contributed by atoms with E-state index in [1.807, 2.05) is 97.1 Å². The molecule has 0 bridgehead atoms. The standard InChI is InChI=1S/C41H45N5O6/c1-2-37(47)42-23-12-11-22-35(44-41(51)52-29-31-16-7-4-8-17-31)39(49)45-24-26-46(27-25-45)40(50)36(28-30-14-5-3-6-15-30)43-38(48)34-21-13-19-32-18-9-10-20-33(32)34/h2-10,13-21,35-36H,1,11-12,22-29H2,(H,42,47)(H,43,48)(H,44,51)/t35-,36-/m0/s1. The number of benzene rings is 4. The fourth-order valence-electron chi connectivity index (χ4n) is 6.22. The molecule has 270 valence electrons. The Hall–Kier alpha value is -5.97. The Balaban J connectivity index is 1.22. The van der Waals surface area contributed by atoms with Gasteiger partial charge in [-0.3, -0.25) is 19.2 Å². The maximum Gasteiger partial charge on any atom is 0.408 e. The molecule has 0 unspecified atom stereocenters. The van der Waals surface area contributed by atoms with Gasteiger partial charge in [-0.05, 0) is 53.3 Å². The summed E-state index contributed by atoms with van der Waals surface area (Å²) in [5.74, 6) is -1.12. The van der Waals surface area contributed by atoms with Crippen LogP contribution in [0.3, 0.4) is 0 Å². The van der Waals surface area contributed by atoms with Gasteiger partial charge in [0.25, 0.3) is 5.91 Å². The zero-order valence-electron chi connectivity index (χ0n) is 29.2. The third-order valence-corrected chi connectivity index (χ3v) is 9.03. The van der Waals surface area contributed by atoms with Crippen LogP contribution in [0, 0.1) is 0 Å². The molecule has 2 atom stereocenters. The molecule has 4 aromatic rings. The number of amides is 5. The lowest BCUT2D eigenvalue weighted by atomic mass is 10.0. The van der Waals surface area contributed by atoms with E-state index in [0.29, 0.717) is 37.8 Å². The summed E-state index contributed by atoms with van der Waals surface area (Å²) in [4.78, 5) is 69.1. The monoisotopic (exact) mass is 703 g/mol. The summed E-state index contributed by atoms with van der Waals surface area (Å²) in [6, 6.07) is 30.3. The molecule has 0 radical (unpaired) electrons. The Labute approximate surface area is 304 Å². The topological polar surface area (TPSA) is 137 Å². The fraction of sp³-hybridized carbons (Fsp3) is 0.293. The van der Waals surface area contributed by atoms with Gasteiger partial charge in [-0.2, -0.15) is 0 Å². The SMILES string of the molecule is C=CC(=O)NCCCC[C@H](NC(=O)OCc1ccccc1)C(=O)N1CCN(C(=O)[C@H](Cc2ccccc2)NC(=O)c2cccc3ccccc23)CC1. The molecule has 0 aromatic heterocycles. The maximum absolute atomic E-state index is 14.0. The van der Waals surface area contributed by atoms with Crippen LogP contribution in [0.1, 0.15) is 40.7 Å². The first-order chi connectivity index (χ1) is 25.3. The van der Waals surface area contributed by atoms with Crippen molar-refractivity contribution < 1.29 is 28.7 Å². The van der Waals surface area contributed by atoms with Crippen molar-refractivity contribution in [1.82, 2.24) is 25.8 Å². The quantitative estimate of drug-likeness (QED) is 0.122. The highest BCUT2D eigenvalue weighted by molar-refractivity contribution is 6.08. The molecule has 4 aromatic carbocycles. The first-order valence-electron chi connectivity index (χ1n) is 17.6. The molecule has 1 heterocycles. The van der Waals surface area contributed by atoms with Crippen molar-refractivity contribution in [2.45, 2.75) is 44.4 Å². The van der Waals surface area contributed by atoms with E-state index in [4.69, 9.17) is 4.74 Å². The van der Waals surface area contributed by atoms with Gasteiger partial charge < -0.3 is 30.5 Å². The Morgan fingerprint density at radius 3 is 1.96 bits per heavy atom. The lowest BCUT2D eigenvalue weighted by Gasteiger charge is -2.38. The highest BCUT2D eigenvalue weighted by atomic mass is 16.5. The van der Waals surface area contributed by atoms with Crippen molar-refractivity contribution >= 4 is 40.5 Å². The van der Waals surface area contributed by atoms with Crippen molar-refractivity contribution in [2.24, 2.45) is 0 Å². The Morgan fingerprint density at radius 1 is 0.692 bits per heavy atom. The fourth-order valence-corrected chi connectivity index (χ4v) is 6.22. The van der Waals surface area contributed by atoms with Gasteiger partial charge in [0.1, 0.15) is 18.7 Å². The normalized spacial score (nSPS) is 13.8. The number of rotatable bonds is 15. The molecule has 0 aliphatic carbocycles. The van der Waals surface area contributed by atoms with Crippen molar-refractivity contribution in [3.05, 3.63) is 132 Å². The average molecular weight is 704 g/mol. The number of alkyl carbamates (subject to hydrolysis) is 1. The van der Waals surface area contributed by atoms with Crippen LogP contribution in [0.4, 0.5) is 4.79 Å². The second kappa shape index (κ2) is 18.9. The average Bonchev–Trinajstić information content (AvgIpc) is 3.19. The lowest BCUT2D eigenvalue weighted by Crippen LogP contribution is -2.58. The molecular formula is C41H45N5O6. The van der Waals surface area contributed by atoms with Crippen LogP contribution in [0.15, 0.2) is 116 Å². The van der Waals surface area contributed by atoms with Gasteiger partial charge in [-0.1, -0.05) is 104 Å². The molecule has 1 fully saturated rings. The van der Waals surface area contributed by atoms with Gasteiger partial charge >= 0.3 is 6.09 Å². The van der Waals surface area contributed by atoms with Gasteiger partial charge in [0.05, 0.1) is 0 Å². The highest BCUT2D eigenvalue weighted by Crippen LogP contribution is 2.19. The molecule has 11 nitrogen and oxygen atoms in total. The third-order valence-electron chi connectivity index (χ3n) is 9.03.